The molecule has 1 unspecified atom stereocenters. The molecule has 110 valence electrons. The molecule has 0 spiro atoms. The van der Waals surface area contributed by atoms with Crippen molar-refractivity contribution in [1.29, 1.82) is 0 Å². The summed E-state index contributed by atoms with van der Waals surface area (Å²) in [6.45, 7) is 10.5. The van der Waals surface area contributed by atoms with E-state index in [9.17, 15) is 4.79 Å². The van der Waals surface area contributed by atoms with Crippen LogP contribution in [0.15, 0.2) is 24.3 Å². The number of likely N-dealkylation sites (N-methyl/N-ethyl adjacent to an activating group) is 1. The van der Waals surface area contributed by atoms with Gasteiger partial charge in [0.2, 0.25) is 0 Å². The third-order valence-electron chi connectivity index (χ3n) is 4.17. The Balaban J connectivity index is 1.89. The van der Waals surface area contributed by atoms with Crippen LogP contribution in [0.5, 0.6) is 0 Å². The molecule has 4 heteroatoms. The highest BCUT2D eigenvalue weighted by Gasteiger charge is 2.16. The number of carboxylic acid groups (broad SMARTS) is 1. The van der Waals surface area contributed by atoms with E-state index in [4.69, 9.17) is 5.11 Å². The molecular weight excluding hydrogens is 252 g/mol. The summed E-state index contributed by atoms with van der Waals surface area (Å²) < 4.78 is 0. The molecule has 2 rings (SSSR count). The van der Waals surface area contributed by atoms with Gasteiger partial charge in [0.25, 0.3) is 0 Å². The number of rotatable bonds is 5. The zero-order chi connectivity index (χ0) is 14.5. The summed E-state index contributed by atoms with van der Waals surface area (Å²) >= 11 is 0. The fourth-order valence-corrected chi connectivity index (χ4v) is 2.58. The summed E-state index contributed by atoms with van der Waals surface area (Å²) in [6, 6.07) is 7.99. The van der Waals surface area contributed by atoms with Gasteiger partial charge in [0.15, 0.2) is 0 Å². The Hall–Kier alpha value is -1.39. The van der Waals surface area contributed by atoms with Gasteiger partial charge in [-0.25, -0.2) is 0 Å². The number of benzene rings is 1. The normalized spacial score (nSPS) is 18.9. The Labute approximate surface area is 121 Å². The molecule has 1 aliphatic heterocycles. The topological polar surface area (TPSA) is 43.8 Å². The van der Waals surface area contributed by atoms with Gasteiger partial charge in [-0.05, 0) is 24.6 Å². The molecule has 0 aliphatic carbocycles. The number of piperazine rings is 1. The van der Waals surface area contributed by atoms with Gasteiger partial charge in [0.1, 0.15) is 0 Å². The maximum atomic E-state index is 10.9. The van der Waals surface area contributed by atoms with Crippen molar-refractivity contribution in [3.63, 3.8) is 0 Å². The van der Waals surface area contributed by atoms with E-state index in [2.05, 4.69) is 28.9 Å². The molecule has 1 heterocycles. The second kappa shape index (κ2) is 6.86. The van der Waals surface area contributed by atoms with Crippen molar-refractivity contribution < 1.29 is 9.90 Å². The van der Waals surface area contributed by atoms with Crippen LogP contribution in [0.3, 0.4) is 0 Å². The van der Waals surface area contributed by atoms with Crippen LogP contribution in [0, 0.1) is 0 Å². The third-order valence-corrected chi connectivity index (χ3v) is 4.17. The van der Waals surface area contributed by atoms with Gasteiger partial charge in [-0.3, -0.25) is 9.69 Å². The highest BCUT2D eigenvalue weighted by atomic mass is 16.4. The van der Waals surface area contributed by atoms with E-state index >= 15 is 0 Å². The molecule has 20 heavy (non-hydrogen) atoms. The Kier molecular flexibility index (Phi) is 5.15. The molecule has 0 radical (unpaired) electrons. The highest BCUT2D eigenvalue weighted by Crippen LogP contribution is 2.17. The van der Waals surface area contributed by atoms with Gasteiger partial charge >= 0.3 is 5.97 Å². The standard InChI is InChI=1S/C16H24N2O2/c1-3-17-8-10-18(11-9-17)12-14-4-6-15(7-5-14)13(2)16(19)20/h4-7,13H,3,8-12H2,1-2H3,(H,19,20). The third kappa shape index (κ3) is 3.81. The van der Waals surface area contributed by atoms with Gasteiger partial charge in [0.05, 0.1) is 5.92 Å². The van der Waals surface area contributed by atoms with Gasteiger partial charge in [-0.1, -0.05) is 31.2 Å². The van der Waals surface area contributed by atoms with Crippen LogP contribution in [-0.2, 0) is 11.3 Å². The predicted molar refractivity (Wildman–Crippen MR) is 79.9 cm³/mol. The summed E-state index contributed by atoms with van der Waals surface area (Å²) in [6.07, 6.45) is 0. The predicted octanol–water partition coefficient (Wildman–Crippen LogP) is 2.01. The first-order valence-electron chi connectivity index (χ1n) is 7.36. The van der Waals surface area contributed by atoms with E-state index in [1.54, 1.807) is 6.92 Å². The van der Waals surface area contributed by atoms with Crippen molar-refractivity contribution in [3.05, 3.63) is 35.4 Å². The van der Waals surface area contributed by atoms with Crippen LogP contribution < -0.4 is 0 Å². The summed E-state index contributed by atoms with van der Waals surface area (Å²) in [5.74, 6) is -1.20. The Morgan fingerprint density at radius 2 is 1.70 bits per heavy atom. The lowest BCUT2D eigenvalue weighted by Crippen LogP contribution is -2.45. The molecule has 1 fully saturated rings. The first-order chi connectivity index (χ1) is 9.60. The quantitative estimate of drug-likeness (QED) is 0.893. The van der Waals surface area contributed by atoms with Crippen molar-refractivity contribution in [2.45, 2.75) is 26.3 Å². The summed E-state index contributed by atoms with van der Waals surface area (Å²) in [5.41, 5.74) is 2.13. The maximum Gasteiger partial charge on any atom is 0.310 e. The Bertz CT molecular complexity index is 436. The molecule has 1 aromatic carbocycles. The van der Waals surface area contributed by atoms with Crippen LogP contribution in [0.4, 0.5) is 0 Å². The minimum atomic E-state index is -0.770. The van der Waals surface area contributed by atoms with Crippen molar-refractivity contribution in [2.75, 3.05) is 32.7 Å². The molecule has 1 aliphatic rings. The van der Waals surface area contributed by atoms with E-state index in [1.165, 1.54) is 5.56 Å². The minimum Gasteiger partial charge on any atom is -0.481 e. The molecule has 4 nitrogen and oxygen atoms in total. The molecule has 1 atom stereocenters. The lowest BCUT2D eigenvalue weighted by Gasteiger charge is -2.34. The van der Waals surface area contributed by atoms with Gasteiger partial charge < -0.3 is 10.0 Å². The molecule has 0 amide bonds. The molecule has 0 aromatic heterocycles. The number of carboxylic acids is 1. The molecule has 1 saturated heterocycles. The van der Waals surface area contributed by atoms with Crippen LogP contribution in [-0.4, -0.2) is 53.6 Å². The lowest BCUT2D eigenvalue weighted by atomic mass is 10.00. The minimum absolute atomic E-state index is 0.433. The smallest absolute Gasteiger partial charge is 0.310 e. The second-order valence-electron chi connectivity index (χ2n) is 5.51. The van der Waals surface area contributed by atoms with Gasteiger partial charge in [-0.15, -0.1) is 0 Å². The molecule has 1 N–H and O–H groups in total. The summed E-state index contributed by atoms with van der Waals surface area (Å²) in [4.78, 5) is 15.9. The van der Waals surface area contributed by atoms with Crippen LogP contribution in [0.2, 0.25) is 0 Å². The van der Waals surface area contributed by atoms with E-state index < -0.39 is 11.9 Å². The second-order valence-corrected chi connectivity index (χ2v) is 5.51. The average molecular weight is 276 g/mol. The van der Waals surface area contributed by atoms with Gasteiger partial charge in [-0.2, -0.15) is 0 Å². The van der Waals surface area contributed by atoms with Crippen LogP contribution >= 0.6 is 0 Å². The lowest BCUT2D eigenvalue weighted by molar-refractivity contribution is -0.138. The molecular formula is C16H24N2O2. The molecule has 0 bridgehead atoms. The highest BCUT2D eigenvalue weighted by molar-refractivity contribution is 5.75. The Morgan fingerprint density at radius 1 is 1.15 bits per heavy atom. The van der Waals surface area contributed by atoms with Crippen LogP contribution in [0.25, 0.3) is 0 Å². The van der Waals surface area contributed by atoms with Crippen molar-refractivity contribution in [2.24, 2.45) is 0 Å². The number of hydrogen-bond donors (Lipinski definition) is 1. The zero-order valence-corrected chi connectivity index (χ0v) is 12.4. The number of hydrogen-bond acceptors (Lipinski definition) is 3. The zero-order valence-electron chi connectivity index (χ0n) is 12.4. The maximum absolute atomic E-state index is 10.9. The van der Waals surface area contributed by atoms with Crippen LogP contribution in [0.1, 0.15) is 30.9 Å². The van der Waals surface area contributed by atoms with E-state index in [1.807, 2.05) is 12.1 Å². The summed E-state index contributed by atoms with van der Waals surface area (Å²) in [5, 5.41) is 9.00. The fourth-order valence-electron chi connectivity index (χ4n) is 2.58. The molecule has 1 aromatic rings. The SMILES string of the molecule is CCN1CCN(Cc2ccc(C(C)C(=O)O)cc2)CC1. The van der Waals surface area contributed by atoms with E-state index in [-0.39, 0.29) is 0 Å². The number of carbonyl (C=O) groups is 1. The largest absolute Gasteiger partial charge is 0.481 e. The molecule has 0 saturated carbocycles. The van der Waals surface area contributed by atoms with E-state index in [0.29, 0.717) is 0 Å². The Morgan fingerprint density at radius 3 is 2.20 bits per heavy atom. The first kappa shape index (κ1) is 15.0. The van der Waals surface area contributed by atoms with Crippen molar-refractivity contribution in [1.82, 2.24) is 9.80 Å². The summed E-state index contributed by atoms with van der Waals surface area (Å²) in [7, 11) is 0. The van der Waals surface area contributed by atoms with Crippen molar-refractivity contribution in [3.8, 4) is 0 Å². The van der Waals surface area contributed by atoms with Gasteiger partial charge in [0, 0.05) is 32.7 Å². The van der Waals surface area contributed by atoms with Crippen molar-refractivity contribution >= 4 is 5.97 Å². The number of aliphatic carboxylic acids is 1. The fraction of sp³-hybridized carbons (Fsp3) is 0.562. The number of nitrogens with zero attached hydrogens (tertiary/aromatic N) is 2. The average Bonchev–Trinajstić information content (AvgIpc) is 2.48. The monoisotopic (exact) mass is 276 g/mol. The first-order valence-corrected chi connectivity index (χ1v) is 7.36. The van der Waals surface area contributed by atoms with E-state index in [0.717, 1.165) is 44.8 Å².